The van der Waals surface area contributed by atoms with Crippen LogP contribution >= 0.6 is 12.4 Å². The second kappa shape index (κ2) is 17.6. The van der Waals surface area contributed by atoms with Crippen LogP contribution in [-0.4, -0.2) is 105 Å². The van der Waals surface area contributed by atoms with Crippen LogP contribution in [0.5, 0.6) is 0 Å². The van der Waals surface area contributed by atoms with Crippen LogP contribution in [-0.2, 0) is 18.9 Å². The number of rotatable bonds is 9. The van der Waals surface area contributed by atoms with Gasteiger partial charge in [0.15, 0.2) is 0 Å². The van der Waals surface area contributed by atoms with Crippen LogP contribution in [0.2, 0.25) is 0 Å². The van der Waals surface area contributed by atoms with E-state index in [4.69, 9.17) is 18.9 Å². The first-order valence-electron chi connectivity index (χ1n) is 18.7. The Labute approximate surface area is 314 Å². The fourth-order valence-corrected chi connectivity index (χ4v) is 7.69. The largest absolute Gasteiger partial charge is 0.378 e. The molecule has 8 rings (SSSR count). The molecule has 4 aromatic carbocycles. The molecule has 4 fully saturated rings. The maximum Gasteiger partial charge on any atom is 0.0642 e. The van der Waals surface area contributed by atoms with Crippen LogP contribution < -0.4 is 19.6 Å². The van der Waals surface area contributed by atoms with Gasteiger partial charge in [-0.15, -0.1) is 12.4 Å². The molecular formula is C43H51ClN4O4. The van der Waals surface area contributed by atoms with Crippen molar-refractivity contribution in [2.75, 3.05) is 125 Å². The molecule has 0 unspecified atom stereocenters. The summed E-state index contributed by atoms with van der Waals surface area (Å²) in [5.41, 5.74) is 11.2. The standard InChI is InChI=1S/C43H50N4O4.ClH/c1-9-38(44-17-25-48-26-18-44)10-2-34(1)42(35-3-11-39(12-4-35)45-19-27-49-28-20-45)33-43(36-5-13-40(14-6-36)46-21-29-50-30-22-46)37-7-15-41(16-8-37)47-23-31-51-32-24-47;/h1-16,33,42H,17-32H2;1H. The average molecular weight is 723 g/mol. The van der Waals surface area contributed by atoms with E-state index in [9.17, 15) is 0 Å². The number of nitrogens with zero attached hydrogens (tertiary/aromatic N) is 4. The van der Waals surface area contributed by atoms with E-state index in [0.717, 1.165) is 105 Å². The number of ether oxygens (including phenoxy) is 4. The molecule has 9 heteroatoms. The first-order chi connectivity index (χ1) is 25.3. The molecule has 4 aliphatic rings. The summed E-state index contributed by atoms with van der Waals surface area (Å²) in [6.45, 7) is 13.6. The second-order valence-electron chi connectivity index (χ2n) is 13.7. The van der Waals surface area contributed by atoms with Gasteiger partial charge in [-0.3, -0.25) is 0 Å². The summed E-state index contributed by atoms with van der Waals surface area (Å²) in [7, 11) is 0. The summed E-state index contributed by atoms with van der Waals surface area (Å²) in [6, 6.07) is 36.7. The molecule has 0 saturated carbocycles. The molecule has 0 aliphatic carbocycles. The highest BCUT2D eigenvalue weighted by molar-refractivity contribution is 5.85. The SMILES string of the molecule is C(=C(c1ccc(N2CCOCC2)cc1)c1ccc(N2CCOCC2)cc1)C(c1ccc(N2CCOCC2)cc1)c1ccc(N2CCOCC2)cc1.Cl. The van der Waals surface area contributed by atoms with Crippen molar-refractivity contribution in [3.05, 3.63) is 125 Å². The van der Waals surface area contributed by atoms with Gasteiger partial charge in [0.05, 0.1) is 52.9 Å². The molecule has 274 valence electrons. The monoisotopic (exact) mass is 722 g/mol. The van der Waals surface area contributed by atoms with Gasteiger partial charge in [0.1, 0.15) is 0 Å². The fraction of sp³-hybridized carbons (Fsp3) is 0.395. The lowest BCUT2D eigenvalue weighted by Crippen LogP contribution is -2.36. The number of morpholine rings is 4. The topological polar surface area (TPSA) is 49.9 Å². The lowest BCUT2D eigenvalue weighted by Gasteiger charge is -2.30. The minimum atomic E-state index is 0. The maximum atomic E-state index is 5.63. The Hall–Kier alpha value is -4.05. The molecule has 4 saturated heterocycles. The lowest BCUT2D eigenvalue weighted by molar-refractivity contribution is 0.122. The van der Waals surface area contributed by atoms with Crippen LogP contribution in [0.15, 0.2) is 103 Å². The summed E-state index contributed by atoms with van der Waals surface area (Å²) in [4.78, 5) is 9.69. The van der Waals surface area contributed by atoms with Crippen molar-refractivity contribution in [1.29, 1.82) is 0 Å². The second-order valence-corrected chi connectivity index (χ2v) is 13.7. The average Bonchev–Trinajstić information content (AvgIpc) is 3.23. The Morgan fingerprint density at radius 1 is 0.385 bits per heavy atom. The summed E-state index contributed by atoms with van der Waals surface area (Å²) < 4.78 is 22.5. The van der Waals surface area contributed by atoms with E-state index >= 15 is 0 Å². The fourth-order valence-electron chi connectivity index (χ4n) is 7.69. The van der Waals surface area contributed by atoms with Crippen molar-refractivity contribution in [1.82, 2.24) is 0 Å². The van der Waals surface area contributed by atoms with E-state index in [1.54, 1.807) is 0 Å². The van der Waals surface area contributed by atoms with Gasteiger partial charge in [-0.2, -0.15) is 0 Å². The normalized spacial score (nSPS) is 18.2. The van der Waals surface area contributed by atoms with Gasteiger partial charge in [-0.1, -0.05) is 54.6 Å². The molecule has 0 bridgehead atoms. The Morgan fingerprint density at radius 2 is 0.635 bits per heavy atom. The van der Waals surface area contributed by atoms with Crippen molar-refractivity contribution in [2.45, 2.75) is 5.92 Å². The zero-order chi connectivity index (χ0) is 34.2. The number of anilines is 4. The maximum absolute atomic E-state index is 5.63. The molecule has 0 amide bonds. The molecule has 4 heterocycles. The summed E-state index contributed by atoms with van der Waals surface area (Å²) >= 11 is 0. The molecule has 8 nitrogen and oxygen atoms in total. The van der Waals surface area contributed by atoms with Crippen LogP contribution in [0, 0.1) is 0 Å². The first kappa shape index (κ1) is 36.3. The molecule has 0 spiro atoms. The number of hydrogen-bond donors (Lipinski definition) is 0. The van der Waals surface area contributed by atoms with Crippen LogP contribution in [0.4, 0.5) is 22.7 Å². The predicted octanol–water partition coefficient (Wildman–Crippen LogP) is 6.72. The number of halogens is 1. The van der Waals surface area contributed by atoms with Gasteiger partial charge in [0.2, 0.25) is 0 Å². The third-order valence-corrected chi connectivity index (χ3v) is 10.7. The van der Waals surface area contributed by atoms with Gasteiger partial charge >= 0.3 is 0 Å². The molecule has 0 atom stereocenters. The van der Waals surface area contributed by atoms with Gasteiger partial charge < -0.3 is 38.5 Å². The Kier molecular flexibility index (Phi) is 12.3. The van der Waals surface area contributed by atoms with E-state index in [2.05, 4.69) is 123 Å². The zero-order valence-corrected chi connectivity index (χ0v) is 30.9. The van der Waals surface area contributed by atoms with E-state index in [1.807, 2.05) is 0 Å². The molecule has 0 radical (unpaired) electrons. The summed E-state index contributed by atoms with van der Waals surface area (Å²) in [5, 5.41) is 0. The lowest BCUT2D eigenvalue weighted by atomic mass is 9.85. The first-order valence-corrected chi connectivity index (χ1v) is 18.7. The van der Waals surface area contributed by atoms with Gasteiger partial charge in [0.25, 0.3) is 0 Å². The van der Waals surface area contributed by atoms with E-state index < -0.39 is 0 Å². The van der Waals surface area contributed by atoms with E-state index in [0.29, 0.717) is 0 Å². The highest BCUT2D eigenvalue weighted by Gasteiger charge is 2.20. The number of hydrogen-bond acceptors (Lipinski definition) is 8. The van der Waals surface area contributed by atoms with E-state index in [-0.39, 0.29) is 18.3 Å². The molecule has 52 heavy (non-hydrogen) atoms. The Morgan fingerprint density at radius 3 is 0.904 bits per heavy atom. The highest BCUT2D eigenvalue weighted by Crippen LogP contribution is 2.36. The molecule has 4 aliphatic heterocycles. The zero-order valence-electron chi connectivity index (χ0n) is 30.0. The highest BCUT2D eigenvalue weighted by atomic mass is 35.5. The minimum Gasteiger partial charge on any atom is -0.378 e. The van der Waals surface area contributed by atoms with Crippen molar-refractivity contribution in [3.63, 3.8) is 0 Å². The van der Waals surface area contributed by atoms with Crippen molar-refractivity contribution in [3.8, 4) is 0 Å². The van der Waals surface area contributed by atoms with Crippen molar-refractivity contribution < 1.29 is 18.9 Å². The Balaban J connectivity index is 0.00000420. The molecule has 0 N–H and O–H groups in total. The van der Waals surface area contributed by atoms with Crippen molar-refractivity contribution >= 4 is 40.7 Å². The van der Waals surface area contributed by atoms with Gasteiger partial charge in [-0.25, -0.2) is 0 Å². The molecule has 4 aromatic rings. The number of benzene rings is 4. The molecular weight excluding hydrogens is 672 g/mol. The quantitative estimate of drug-likeness (QED) is 0.189. The smallest absolute Gasteiger partial charge is 0.0642 e. The predicted molar refractivity (Wildman–Crippen MR) is 214 cm³/mol. The van der Waals surface area contributed by atoms with Crippen LogP contribution in [0.1, 0.15) is 28.2 Å². The summed E-state index contributed by atoms with van der Waals surface area (Å²) in [5.74, 6) is 0.0512. The van der Waals surface area contributed by atoms with Gasteiger partial charge in [-0.05, 0) is 76.4 Å². The van der Waals surface area contributed by atoms with Crippen LogP contribution in [0.3, 0.4) is 0 Å². The summed E-state index contributed by atoms with van der Waals surface area (Å²) in [6.07, 6.45) is 2.49. The van der Waals surface area contributed by atoms with Crippen molar-refractivity contribution in [2.24, 2.45) is 0 Å². The Bertz CT molecular complexity index is 1580. The third-order valence-electron chi connectivity index (χ3n) is 10.7. The molecule has 0 aromatic heterocycles. The third kappa shape index (κ3) is 8.59. The van der Waals surface area contributed by atoms with E-state index in [1.165, 1.54) is 50.6 Å². The van der Waals surface area contributed by atoms with Gasteiger partial charge in [0, 0.05) is 81.0 Å². The minimum absolute atomic E-state index is 0. The van der Waals surface area contributed by atoms with Crippen LogP contribution in [0.25, 0.3) is 5.57 Å². The number of allylic oxidation sites excluding steroid dienone is 1.